The highest BCUT2D eigenvalue weighted by molar-refractivity contribution is 5.47. The highest BCUT2D eigenvalue weighted by Crippen LogP contribution is 2.46. The maximum atomic E-state index is 12.7. The zero-order chi connectivity index (χ0) is 11.8. The Balaban J connectivity index is 1.86. The summed E-state index contributed by atoms with van der Waals surface area (Å²) in [6.07, 6.45) is 1.86. The van der Waals surface area contributed by atoms with Crippen LogP contribution in [0.4, 0.5) is 4.39 Å². The van der Waals surface area contributed by atoms with Crippen LogP contribution in [0.3, 0.4) is 0 Å². The molecule has 84 valence electrons. The lowest BCUT2D eigenvalue weighted by molar-refractivity contribution is 0.378. The molecule has 2 heterocycles. The van der Waals surface area contributed by atoms with Gasteiger partial charge in [0.15, 0.2) is 0 Å². The molecule has 5 nitrogen and oxygen atoms in total. The predicted molar refractivity (Wildman–Crippen MR) is 53.9 cm³/mol. The van der Waals surface area contributed by atoms with E-state index in [0.29, 0.717) is 17.4 Å². The standard InChI is InChI=1S/C11H7FN4O/c12-7-1-2-9(14-5-7)10-15-11(17-16-10)8-3-6(8)4-13/h1-2,5-6,8H,3H2. The molecule has 6 heteroatoms. The van der Waals surface area contributed by atoms with Gasteiger partial charge in [-0.3, -0.25) is 0 Å². The molecule has 3 rings (SSSR count). The Morgan fingerprint density at radius 1 is 1.47 bits per heavy atom. The highest BCUT2D eigenvalue weighted by Gasteiger charge is 2.43. The number of hydrogen-bond donors (Lipinski definition) is 0. The van der Waals surface area contributed by atoms with Gasteiger partial charge in [-0.25, -0.2) is 9.37 Å². The van der Waals surface area contributed by atoms with E-state index < -0.39 is 5.82 Å². The van der Waals surface area contributed by atoms with E-state index in [4.69, 9.17) is 9.78 Å². The summed E-state index contributed by atoms with van der Waals surface area (Å²) in [5.41, 5.74) is 0.454. The van der Waals surface area contributed by atoms with Gasteiger partial charge in [-0.15, -0.1) is 0 Å². The second-order valence-electron chi connectivity index (χ2n) is 3.90. The summed E-state index contributed by atoms with van der Waals surface area (Å²) >= 11 is 0. The van der Waals surface area contributed by atoms with Crippen LogP contribution in [0.5, 0.6) is 0 Å². The van der Waals surface area contributed by atoms with E-state index >= 15 is 0 Å². The number of nitrogens with zero attached hydrogens (tertiary/aromatic N) is 4. The quantitative estimate of drug-likeness (QED) is 0.787. The molecule has 0 bridgehead atoms. The summed E-state index contributed by atoms with van der Waals surface area (Å²) in [7, 11) is 0. The van der Waals surface area contributed by atoms with Crippen molar-refractivity contribution in [2.75, 3.05) is 0 Å². The Morgan fingerprint density at radius 2 is 2.35 bits per heavy atom. The molecule has 2 unspecified atom stereocenters. The van der Waals surface area contributed by atoms with E-state index in [-0.39, 0.29) is 11.8 Å². The molecule has 0 spiro atoms. The maximum Gasteiger partial charge on any atom is 0.231 e. The van der Waals surface area contributed by atoms with Gasteiger partial charge >= 0.3 is 0 Å². The average Bonchev–Trinajstić information content (AvgIpc) is 2.99. The van der Waals surface area contributed by atoms with Gasteiger partial charge in [-0.2, -0.15) is 10.2 Å². The van der Waals surface area contributed by atoms with Crippen LogP contribution in [0.1, 0.15) is 18.2 Å². The van der Waals surface area contributed by atoms with Crippen molar-refractivity contribution in [3.8, 4) is 17.6 Å². The Kier molecular flexibility index (Phi) is 2.11. The van der Waals surface area contributed by atoms with Crippen LogP contribution in [-0.4, -0.2) is 15.1 Å². The molecule has 0 aromatic carbocycles. The topological polar surface area (TPSA) is 75.6 Å². The van der Waals surface area contributed by atoms with Crippen LogP contribution in [0.25, 0.3) is 11.5 Å². The third-order valence-electron chi connectivity index (χ3n) is 2.67. The molecule has 0 N–H and O–H groups in total. The molecular formula is C11H7FN4O. The molecular weight excluding hydrogens is 223 g/mol. The molecule has 1 aliphatic rings. The Bertz CT molecular complexity index is 586. The number of rotatable bonds is 2. The van der Waals surface area contributed by atoms with Crippen molar-refractivity contribution in [3.63, 3.8) is 0 Å². The van der Waals surface area contributed by atoms with Crippen LogP contribution in [0.15, 0.2) is 22.9 Å². The molecule has 1 saturated carbocycles. The van der Waals surface area contributed by atoms with Gasteiger partial charge in [0.1, 0.15) is 11.5 Å². The van der Waals surface area contributed by atoms with Gasteiger partial charge < -0.3 is 4.52 Å². The summed E-state index contributed by atoms with van der Waals surface area (Å²) in [6.45, 7) is 0. The lowest BCUT2D eigenvalue weighted by atomic mass is 10.3. The van der Waals surface area contributed by atoms with Crippen LogP contribution >= 0.6 is 0 Å². The molecule has 0 radical (unpaired) electrons. The van der Waals surface area contributed by atoms with Crippen molar-refractivity contribution in [2.24, 2.45) is 5.92 Å². The van der Waals surface area contributed by atoms with E-state index in [9.17, 15) is 4.39 Å². The molecule has 0 aliphatic heterocycles. The minimum atomic E-state index is -0.413. The van der Waals surface area contributed by atoms with Gasteiger partial charge in [0, 0.05) is 0 Å². The monoisotopic (exact) mass is 230 g/mol. The number of aromatic nitrogens is 3. The fourth-order valence-electron chi connectivity index (χ4n) is 1.61. The van der Waals surface area contributed by atoms with Gasteiger partial charge in [0.2, 0.25) is 11.7 Å². The number of pyridine rings is 1. The maximum absolute atomic E-state index is 12.7. The largest absolute Gasteiger partial charge is 0.339 e. The SMILES string of the molecule is N#CC1CC1c1nc(-c2ccc(F)cn2)no1. The van der Waals surface area contributed by atoms with E-state index in [0.717, 1.165) is 12.6 Å². The Morgan fingerprint density at radius 3 is 3.00 bits per heavy atom. The molecule has 1 aliphatic carbocycles. The van der Waals surface area contributed by atoms with Crippen molar-refractivity contribution in [3.05, 3.63) is 30.0 Å². The van der Waals surface area contributed by atoms with Gasteiger partial charge in [0.05, 0.1) is 24.1 Å². The lowest BCUT2D eigenvalue weighted by Gasteiger charge is -1.91. The first-order valence-electron chi connectivity index (χ1n) is 5.13. The zero-order valence-corrected chi connectivity index (χ0v) is 8.67. The van der Waals surface area contributed by atoms with E-state index in [1.165, 1.54) is 12.1 Å². The predicted octanol–water partition coefficient (Wildman–Crippen LogP) is 1.90. The van der Waals surface area contributed by atoms with Crippen molar-refractivity contribution >= 4 is 0 Å². The number of halogens is 1. The van der Waals surface area contributed by atoms with Crippen molar-refractivity contribution < 1.29 is 8.91 Å². The van der Waals surface area contributed by atoms with Crippen molar-refractivity contribution in [2.45, 2.75) is 12.3 Å². The second-order valence-corrected chi connectivity index (χ2v) is 3.90. The number of hydrogen-bond acceptors (Lipinski definition) is 5. The lowest BCUT2D eigenvalue weighted by Crippen LogP contribution is -1.87. The highest BCUT2D eigenvalue weighted by atomic mass is 19.1. The summed E-state index contributed by atoms with van der Waals surface area (Å²) in [6, 6.07) is 4.92. The van der Waals surface area contributed by atoms with E-state index in [1.807, 2.05) is 0 Å². The summed E-state index contributed by atoms with van der Waals surface area (Å²) in [5, 5.41) is 12.5. The fourth-order valence-corrected chi connectivity index (χ4v) is 1.61. The summed E-state index contributed by atoms with van der Waals surface area (Å²) in [4.78, 5) is 8.01. The first-order valence-corrected chi connectivity index (χ1v) is 5.13. The van der Waals surface area contributed by atoms with Crippen molar-refractivity contribution in [1.82, 2.24) is 15.1 Å². The molecule has 2 aromatic rings. The Labute approximate surface area is 95.9 Å². The second kappa shape index (κ2) is 3.63. The normalized spacial score (nSPS) is 22.1. The molecule has 0 saturated heterocycles. The number of nitriles is 1. The third kappa shape index (κ3) is 1.76. The molecule has 2 aromatic heterocycles. The van der Waals surface area contributed by atoms with Gasteiger partial charge in [-0.05, 0) is 18.6 Å². The average molecular weight is 230 g/mol. The van der Waals surface area contributed by atoms with Gasteiger partial charge in [-0.1, -0.05) is 5.16 Å². The van der Waals surface area contributed by atoms with Crippen LogP contribution in [0, 0.1) is 23.1 Å². The first kappa shape index (κ1) is 9.90. The third-order valence-corrected chi connectivity index (χ3v) is 2.67. The van der Waals surface area contributed by atoms with Crippen LogP contribution in [0.2, 0.25) is 0 Å². The smallest absolute Gasteiger partial charge is 0.231 e. The van der Waals surface area contributed by atoms with Crippen LogP contribution < -0.4 is 0 Å². The summed E-state index contributed by atoms with van der Waals surface area (Å²) in [5.74, 6) is 0.386. The summed E-state index contributed by atoms with van der Waals surface area (Å²) < 4.78 is 17.7. The van der Waals surface area contributed by atoms with E-state index in [1.54, 1.807) is 0 Å². The Hall–Kier alpha value is -2.29. The van der Waals surface area contributed by atoms with Gasteiger partial charge in [0.25, 0.3) is 0 Å². The fraction of sp³-hybridized carbons (Fsp3) is 0.273. The molecule has 17 heavy (non-hydrogen) atoms. The van der Waals surface area contributed by atoms with Crippen molar-refractivity contribution in [1.29, 1.82) is 5.26 Å². The minimum Gasteiger partial charge on any atom is -0.339 e. The minimum absolute atomic E-state index is 0.0236. The molecule has 1 fully saturated rings. The van der Waals surface area contributed by atoms with E-state index in [2.05, 4.69) is 21.2 Å². The van der Waals surface area contributed by atoms with Crippen LogP contribution in [-0.2, 0) is 0 Å². The molecule has 2 atom stereocenters. The zero-order valence-electron chi connectivity index (χ0n) is 8.67. The molecule has 0 amide bonds. The first-order chi connectivity index (χ1) is 8.28.